The zero-order chi connectivity index (χ0) is 21.2. The van der Waals surface area contributed by atoms with E-state index in [0.29, 0.717) is 30.5 Å². The van der Waals surface area contributed by atoms with Gasteiger partial charge in [-0.2, -0.15) is 0 Å². The van der Waals surface area contributed by atoms with Gasteiger partial charge in [-0.3, -0.25) is 9.59 Å². The third-order valence-electron chi connectivity index (χ3n) is 5.06. The lowest BCUT2D eigenvalue weighted by molar-refractivity contribution is -0.154. The van der Waals surface area contributed by atoms with E-state index in [9.17, 15) is 9.59 Å². The molecule has 158 valence electrons. The number of ether oxygens (including phenoxy) is 1. The topological polar surface area (TPSA) is 77.3 Å². The first-order chi connectivity index (χ1) is 13.7. The lowest BCUT2D eigenvalue weighted by atomic mass is 10.1. The molecule has 0 fully saturated rings. The van der Waals surface area contributed by atoms with Crippen LogP contribution in [0.4, 0.5) is 0 Å². The summed E-state index contributed by atoms with van der Waals surface area (Å²) in [6, 6.07) is 1.82. The van der Waals surface area contributed by atoms with E-state index < -0.39 is 5.60 Å². The van der Waals surface area contributed by atoms with Crippen molar-refractivity contribution in [2.24, 2.45) is 0 Å². The summed E-state index contributed by atoms with van der Waals surface area (Å²) >= 11 is 0. The van der Waals surface area contributed by atoms with Crippen LogP contribution in [-0.2, 0) is 22.5 Å². The summed E-state index contributed by atoms with van der Waals surface area (Å²) < 4.78 is 7.51. The number of carbonyl (C=O) groups is 2. The monoisotopic (exact) mass is 400 g/mol. The van der Waals surface area contributed by atoms with Crippen molar-refractivity contribution in [1.82, 2.24) is 19.4 Å². The lowest BCUT2D eigenvalue weighted by Crippen LogP contribution is -2.29. The molecule has 3 heterocycles. The van der Waals surface area contributed by atoms with Crippen LogP contribution in [0.15, 0.2) is 6.07 Å². The lowest BCUT2D eigenvalue weighted by Gasteiger charge is -2.20. The predicted molar refractivity (Wildman–Crippen MR) is 112 cm³/mol. The molecule has 7 heteroatoms. The first-order valence-corrected chi connectivity index (χ1v) is 10.5. The number of hydrogen-bond donors (Lipinski definition) is 0. The van der Waals surface area contributed by atoms with E-state index in [-0.39, 0.29) is 11.9 Å². The number of nitrogens with zero attached hydrogens (tertiary/aromatic N) is 4. The van der Waals surface area contributed by atoms with Crippen molar-refractivity contribution >= 4 is 23.0 Å². The van der Waals surface area contributed by atoms with Crippen molar-refractivity contribution in [3.8, 4) is 0 Å². The van der Waals surface area contributed by atoms with Gasteiger partial charge >= 0.3 is 5.97 Å². The van der Waals surface area contributed by atoms with E-state index in [1.807, 2.05) is 33.8 Å². The average Bonchev–Trinajstić information content (AvgIpc) is 2.81. The normalized spacial score (nSPS) is 14.4. The second-order valence-corrected chi connectivity index (χ2v) is 8.89. The summed E-state index contributed by atoms with van der Waals surface area (Å²) in [5.74, 6) is 0.702. The van der Waals surface area contributed by atoms with Crippen LogP contribution < -0.4 is 0 Å². The first-order valence-electron chi connectivity index (χ1n) is 10.5. The molecule has 0 bridgehead atoms. The van der Waals surface area contributed by atoms with E-state index in [0.717, 1.165) is 43.0 Å². The zero-order valence-electron chi connectivity index (χ0n) is 18.2. The highest BCUT2D eigenvalue weighted by atomic mass is 16.6. The van der Waals surface area contributed by atoms with Gasteiger partial charge in [0.2, 0.25) is 0 Å². The van der Waals surface area contributed by atoms with E-state index in [1.165, 1.54) is 6.42 Å². The Kier molecular flexibility index (Phi) is 6.24. The molecule has 29 heavy (non-hydrogen) atoms. The number of fused-ring (bicyclic) bond motifs is 3. The van der Waals surface area contributed by atoms with Gasteiger partial charge in [0.25, 0.3) is 5.91 Å². The fourth-order valence-corrected chi connectivity index (χ4v) is 3.74. The summed E-state index contributed by atoms with van der Waals surface area (Å²) in [4.78, 5) is 36.1. The summed E-state index contributed by atoms with van der Waals surface area (Å²) in [5, 5.41) is 0. The molecule has 7 nitrogen and oxygen atoms in total. The van der Waals surface area contributed by atoms with E-state index >= 15 is 0 Å². The van der Waals surface area contributed by atoms with Crippen LogP contribution in [0, 0.1) is 6.92 Å². The summed E-state index contributed by atoms with van der Waals surface area (Å²) in [5.41, 5.74) is 2.42. The number of aryl methyl sites for hydroxylation is 3. The van der Waals surface area contributed by atoms with Gasteiger partial charge in [0.05, 0.1) is 5.56 Å². The Hall–Kier alpha value is -2.44. The van der Waals surface area contributed by atoms with Gasteiger partial charge in [-0.25, -0.2) is 9.97 Å². The van der Waals surface area contributed by atoms with Crippen molar-refractivity contribution in [3.63, 3.8) is 0 Å². The quantitative estimate of drug-likeness (QED) is 0.716. The van der Waals surface area contributed by atoms with Gasteiger partial charge in [-0.05, 0) is 53.0 Å². The predicted octanol–water partition coefficient (Wildman–Crippen LogP) is 3.66. The zero-order valence-corrected chi connectivity index (χ0v) is 18.2. The highest BCUT2D eigenvalue weighted by molar-refractivity contribution is 6.04. The molecule has 0 aliphatic carbocycles. The molecule has 0 atom stereocenters. The number of esters is 1. The molecular formula is C22H32N4O3. The number of aromatic nitrogens is 3. The van der Waals surface area contributed by atoms with E-state index in [1.54, 1.807) is 11.9 Å². The van der Waals surface area contributed by atoms with Crippen LogP contribution in [0.2, 0.25) is 0 Å². The first kappa shape index (κ1) is 21.3. The Bertz CT molecular complexity index is 911. The molecule has 1 aliphatic heterocycles. The minimum atomic E-state index is -0.488. The number of imidazole rings is 1. The smallest absolute Gasteiger partial charge is 0.306 e. The van der Waals surface area contributed by atoms with Crippen LogP contribution in [0.5, 0.6) is 0 Å². The van der Waals surface area contributed by atoms with Crippen LogP contribution in [0.3, 0.4) is 0 Å². The fraction of sp³-hybridized carbons (Fsp3) is 0.636. The summed E-state index contributed by atoms with van der Waals surface area (Å²) in [6.45, 7) is 8.85. The van der Waals surface area contributed by atoms with Gasteiger partial charge in [0, 0.05) is 38.7 Å². The standard InChI is InChI=1S/C22H32N4O3/c1-15-14-16(19-20(23-15)26-13-8-6-7-10-17(26)24-19)21(28)25(5)12-9-11-18(27)29-22(2,3)4/h14H,6-13H2,1-5H3. The van der Waals surface area contributed by atoms with E-state index in [4.69, 9.17) is 9.72 Å². The second kappa shape index (κ2) is 8.51. The summed E-state index contributed by atoms with van der Waals surface area (Å²) in [7, 11) is 1.76. The number of rotatable bonds is 5. The second-order valence-electron chi connectivity index (χ2n) is 8.89. The fourth-order valence-electron chi connectivity index (χ4n) is 3.74. The van der Waals surface area contributed by atoms with Gasteiger partial charge < -0.3 is 14.2 Å². The minimum absolute atomic E-state index is 0.0852. The maximum absolute atomic E-state index is 13.1. The maximum atomic E-state index is 13.1. The van der Waals surface area contributed by atoms with E-state index in [2.05, 4.69) is 9.55 Å². The number of amides is 1. The van der Waals surface area contributed by atoms with Crippen molar-refractivity contribution in [2.75, 3.05) is 13.6 Å². The SMILES string of the molecule is Cc1cc(C(=O)N(C)CCCC(=O)OC(C)(C)C)c2nc3n(c2n1)CCCCC3. The molecule has 2 aromatic rings. The third kappa shape index (κ3) is 5.14. The van der Waals surface area contributed by atoms with Crippen molar-refractivity contribution in [1.29, 1.82) is 0 Å². The molecule has 2 aromatic heterocycles. The Labute approximate surface area is 172 Å². The van der Waals surface area contributed by atoms with Gasteiger partial charge in [-0.1, -0.05) is 6.42 Å². The number of pyridine rings is 1. The minimum Gasteiger partial charge on any atom is -0.460 e. The molecule has 0 N–H and O–H groups in total. The van der Waals surface area contributed by atoms with Crippen molar-refractivity contribution < 1.29 is 14.3 Å². The molecule has 0 aromatic carbocycles. The largest absolute Gasteiger partial charge is 0.460 e. The molecule has 1 amide bonds. The molecule has 0 spiro atoms. The molecule has 1 aliphatic rings. The molecule has 0 saturated heterocycles. The highest BCUT2D eigenvalue weighted by Gasteiger charge is 2.23. The van der Waals surface area contributed by atoms with Crippen molar-refractivity contribution in [2.45, 2.75) is 78.4 Å². The number of carbonyl (C=O) groups excluding carboxylic acids is 2. The van der Waals surface area contributed by atoms with Crippen LogP contribution in [0.1, 0.15) is 74.8 Å². The third-order valence-corrected chi connectivity index (χ3v) is 5.06. The molecule has 0 saturated carbocycles. The average molecular weight is 401 g/mol. The van der Waals surface area contributed by atoms with Gasteiger partial charge in [0.1, 0.15) is 16.9 Å². The Morgan fingerprint density at radius 2 is 1.97 bits per heavy atom. The van der Waals surface area contributed by atoms with Gasteiger partial charge in [0.15, 0.2) is 5.65 Å². The van der Waals surface area contributed by atoms with Crippen LogP contribution >= 0.6 is 0 Å². The summed E-state index contributed by atoms with van der Waals surface area (Å²) in [6.07, 6.45) is 5.21. The maximum Gasteiger partial charge on any atom is 0.306 e. The molecule has 3 rings (SSSR count). The highest BCUT2D eigenvalue weighted by Crippen LogP contribution is 2.24. The van der Waals surface area contributed by atoms with Gasteiger partial charge in [-0.15, -0.1) is 0 Å². The van der Waals surface area contributed by atoms with Crippen LogP contribution in [0.25, 0.3) is 11.2 Å². The van der Waals surface area contributed by atoms with Crippen molar-refractivity contribution in [3.05, 3.63) is 23.1 Å². The van der Waals surface area contributed by atoms with Crippen LogP contribution in [-0.4, -0.2) is 50.5 Å². The molecular weight excluding hydrogens is 368 g/mol. The molecule has 0 radical (unpaired) electrons. The number of hydrogen-bond acceptors (Lipinski definition) is 5. The Morgan fingerprint density at radius 3 is 2.69 bits per heavy atom. The Balaban J connectivity index is 1.74. The Morgan fingerprint density at radius 1 is 1.21 bits per heavy atom. The molecule has 0 unspecified atom stereocenters.